The van der Waals surface area contributed by atoms with Gasteiger partial charge in [0.2, 0.25) is 5.91 Å². The Morgan fingerprint density at radius 2 is 2.15 bits per heavy atom. The third-order valence-electron chi connectivity index (χ3n) is 3.40. The number of aryl methyl sites for hydroxylation is 2. The van der Waals surface area contributed by atoms with Crippen molar-refractivity contribution in [2.24, 2.45) is 0 Å². The zero-order valence-electron chi connectivity index (χ0n) is 12.4. The van der Waals surface area contributed by atoms with Gasteiger partial charge < -0.3 is 5.32 Å². The van der Waals surface area contributed by atoms with Crippen LogP contribution in [0.5, 0.6) is 0 Å². The van der Waals surface area contributed by atoms with Crippen LogP contribution in [0.3, 0.4) is 0 Å². The number of rotatable bonds is 5. The summed E-state index contributed by atoms with van der Waals surface area (Å²) in [5.74, 6) is -0.0599. The van der Waals surface area contributed by atoms with Crippen molar-refractivity contribution in [3.8, 4) is 0 Å². The predicted molar refractivity (Wildman–Crippen MR) is 76.1 cm³/mol. The molecule has 0 saturated heterocycles. The fraction of sp³-hybridized carbons (Fsp3) is 0.500. The average Bonchev–Trinajstić information content (AvgIpc) is 3.06. The molecule has 0 aliphatic carbocycles. The molecule has 2 aromatic rings. The number of carbonyl (C=O) groups is 1. The predicted octanol–water partition coefficient (Wildman–Crippen LogP) is 1.85. The maximum absolute atomic E-state index is 12.2. The van der Waals surface area contributed by atoms with Gasteiger partial charge in [0, 0.05) is 24.6 Å². The minimum atomic E-state index is -0.333. The molecule has 0 radical (unpaired) electrons. The van der Waals surface area contributed by atoms with Crippen molar-refractivity contribution in [3.63, 3.8) is 0 Å². The van der Waals surface area contributed by atoms with Gasteiger partial charge >= 0.3 is 0 Å². The Kier molecular flexibility index (Phi) is 4.22. The van der Waals surface area contributed by atoms with E-state index in [1.54, 1.807) is 10.9 Å². The molecule has 0 fully saturated rings. The van der Waals surface area contributed by atoms with Gasteiger partial charge in [0.25, 0.3) is 0 Å². The summed E-state index contributed by atoms with van der Waals surface area (Å²) in [7, 11) is 0. The van der Waals surface area contributed by atoms with Gasteiger partial charge in [0.15, 0.2) is 0 Å². The highest BCUT2D eigenvalue weighted by Crippen LogP contribution is 2.13. The second-order valence-corrected chi connectivity index (χ2v) is 4.92. The summed E-state index contributed by atoms with van der Waals surface area (Å²) in [6.45, 7) is 8.56. The first-order valence-corrected chi connectivity index (χ1v) is 6.86. The second-order valence-electron chi connectivity index (χ2n) is 4.92. The lowest BCUT2D eigenvalue weighted by atomic mass is 10.2. The third kappa shape index (κ3) is 2.89. The number of amides is 1. The van der Waals surface area contributed by atoms with Gasteiger partial charge in [0.05, 0.1) is 11.7 Å². The minimum absolute atomic E-state index is 0.0599. The number of nitrogens with zero attached hydrogens (tertiary/aromatic N) is 4. The smallest absolute Gasteiger partial charge is 0.245 e. The Morgan fingerprint density at radius 1 is 1.40 bits per heavy atom. The van der Waals surface area contributed by atoms with Crippen LogP contribution in [-0.2, 0) is 11.3 Å². The molecule has 6 heteroatoms. The quantitative estimate of drug-likeness (QED) is 0.905. The Hall–Kier alpha value is -2.11. The fourth-order valence-corrected chi connectivity index (χ4v) is 2.09. The van der Waals surface area contributed by atoms with Crippen molar-refractivity contribution in [1.82, 2.24) is 24.9 Å². The van der Waals surface area contributed by atoms with Gasteiger partial charge in [-0.25, -0.2) is 0 Å². The average molecular weight is 275 g/mol. The molecule has 108 valence electrons. The van der Waals surface area contributed by atoms with Crippen LogP contribution in [0.15, 0.2) is 24.5 Å². The monoisotopic (exact) mass is 275 g/mol. The molecular weight excluding hydrogens is 254 g/mol. The summed E-state index contributed by atoms with van der Waals surface area (Å²) >= 11 is 0. The van der Waals surface area contributed by atoms with E-state index in [0.29, 0.717) is 0 Å². The molecule has 2 unspecified atom stereocenters. The lowest BCUT2D eigenvalue weighted by Gasteiger charge is -2.17. The van der Waals surface area contributed by atoms with Crippen LogP contribution in [0.4, 0.5) is 0 Å². The van der Waals surface area contributed by atoms with Crippen LogP contribution in [0.1, 0.15) is 44.2 Å². The molecule has 6 nitrogen and oxygen atoms in total. The van der Waals surface area contributed by atoms with Gasteiger partial charge in [-0.15, -0.1) is 0 Å². The van der Waals surface area contributed by atoms with Crippen molar-refractivity contribution in [1.29, 1.82) is 0 Å². The molecular formula is C14H21N5O. The van der Waals surface area contributed by atoms with Crippen molar-refractivity contribution in [3.05, 3.63) is 35.9 Å². The molecule has 0 spiro atoms. The number of nitrogens with one attached hydrogen (secondary N) is 1. The molecule has 0 saturated carbocycles. The zero-order chi connectivity index (χ0) is 14.7. The molecule has 2 atom stereocenters. The van der Waals surface area contributed by atoms with Crippen LogP contribution in [-0.4, -0.2) is 25.5 Å². The van der Waals surface area contributed by atoms with Crippen LogP contribution < -0.4 is 5.32 Å². The van der Waals surface area contributed by atoms with Crippen molar-refractivity contribution in [2.45, 2.75) is 46.3 Å². The third-order valence-corrected chi connectivity index (χ3v) is 3.40. The van der Waals surface area contributed by atoms with Gasteiger partial charge in [-0.3, -0.25) is 14.2 Å². The highest BCUT2D eigenvalue weighted by atomic mass is 16.2. The molecule has 0 aromatic carbocycles. The van der Waals surface area contributed by atoms with E-state index in [4.69, 9.17) is 0 Å². The van der Waals surface area contributed by atoms with Crippen LogP contribution in [0.25, 0.3) is 0 Å². The van der Waals surface area contributed by atoms with E-state index in [9.17, 15) is 4.79 Å². The summed E-state index contributed by atoms with van der Waals surface area (Å²) < 4.78 is 3.56. The van der Waals surface area contributed by atoms with E-state index in [0.717, 1.165) is 17.9 Å². The first kappa shape index (κ1) is 14.3. The summed E-state index contributed by atoms with van der Waals surface area (Å²) in [5, 5.41) is 11.5. The van der Waals surface area contributed by atoms with E-state index in [1.807, 2.05) is 50.7 Å². The van der Waals surface area contributed by atoms with E-state index in [1.165, 1.54) is 0 Å². The van der Waals surface area contributed by atoms with Gasteiger partial charge in [-0.2, -0.15) is 10.2 Å². The summed E-state index contributed by atoms with van der Waals surface area (Å²) in [5.41, 5.74) is 1.83. The van der Waals surface area contributed by atoms with Gasteiger partial charge in [0.1, 0.15) is 6.04 Å². The Balaban J connectivity index is 2.02. The van der Waals surface area contributed by atoms with E-state index in [2.05, 4.69) is 15.5 Å². The van der Waals surface area contributed by atoms with Crippen molar-refractivity contribution < 1.29 is 4.79 Å². The number of carbonyl (C=O) groups excluding carboxylic acids is 1. The normalized spacial score (nSPS) is 14.0. The Morgan fingerprint density at radius 3 is 2.70 bits per heavy atom. The van der Waals surface area contributed by atoms with Crippen LogP contribution >= 0.6 is 0 Å². The summed E-state index contributed by atoms with van der Waals surface area (Å²) in [4.78, 5) is 12.2. The fourth-order valence-electron chi connectivity index (χ4n) is 2.09. The zero-order valence-corrected chi connectivity index (χ0v) is 12.4. The largest absolute Gasteiger partial charge is 0.346 e. The van der Waals surface area contributed by atoms with E-state index >= 15 is 0 Å². The SMILES string of the molecule is CCn1ccc(C(C)NC(=O)C(C)n2nccc2C)n1. The lowest BCUT2D eigenvalue weighted by Crippen LogP contribution is -2.34. The first-order chi connectivity index (χ1) is 9.52. The highest BCUT2D eigenvalue weighted by Gasteiger charge is 2.20. The molecule has 1 N–H and O–H groups in total. The Bertz CT molecular complexity index is 586. The van der Waals surface area contributed by atoms with Crippen molar-refractivity contribution >= 4 is 5.91 Å². The second kappa shape index (κ2) is 5.90. The first-order valence-electron chi connectivity index (χ1n) is 6.86. The maximum Gasteiger partial charge on any atom is 0.245 e. The molecule has 2 aromatic heterocycles. The summed E-state index contributed by atoms with van der Waals surface area (Å²) in [6, 6.07) is 3.36. The van der Waals surface area contributed by atoms with Gasteiger partial charge in [-0.1, -0.05) is 0 Å². The van der Waals surface area contributed by atoms with Gasteiger partial charge in [-0.05, 0) is 39.8 Å². The van der Waals surface area contributed by atoms with Crippen molar-refractivity contribution in [2.75, 3.05) is 0 Å². The van der Waals surface area contributed by atoms with Crippen LogP contribution in [0.2, 0.25) is 0 Å². The molecule has 2 rings (SSSR count). The molecule has 20 heavy (non-hydrogen) atoms. The molecule has 2 heterocycles. The molecule has 0 aliphatic heterocycles. The molecule has 1 amide bonds. The minimum Gasteiger partial charge on any atom is -0.346 e. The topological polar surface area (TPSA) is 64.7 Å². The van der Waals surface area contributed by atoms with Crippen LogP contribution in [0, 0.1) is 6.92 Å². The highest BCUT2D eigenvalue weighted by molar-refractivity contribution is 5.80. The Labute approximate surface area is 118 Å². The molecule has 0 aliphatic rings. The summed E-state index contributed by atoms with van der Waals surface area (Å²) in [6.07, 6.45) is 3.62. The molecule has 0 bridgehead atoms. The lowest BCUT2D eigenvalue weighted by molar-refractivity contribution is -0.124. The number of hydrogen-bond acceptors (Lipinski definition) is 3. The maximum atomic E-state index is 12.2. The number of aromatic nitrogens is 4. The van der Waals surface area contributed by atoms with E-state index < -0.39 is 0 Å². The standard InChI is InChI=1S/C14H21N5O/c1-5-18-9-7-13(17-18)11(3)16-14(20)12(4)19-10(2)6-8-15-19/h6-9,11-12H,5H2,1-4H3,(H,16,20). The van der Waals surface area contributed by atoms with E-state index in [-0.39, 0.29) is 18.0 Å². The number of hydrogen-bond donors (Lipinski definition) is 1.